The molecule has 4 aromatic rings. The van der Waals surface area contributed by atoms with E-state index in [9.17, 15) is 9.59 Å². The molecule has 1 aromatic carbocycles. The number of pyridine rings is 1. The maximum absolute atomic E-state index is 12.7. The molecule has 146 valence electrons. The number of hydrogen-bond acceptors (Lipinski definition) is 3. The van der Waals surface area contributed by atoms with Crippen molar-refractivity contribution in [3.63, 3.8) is 0 Å². The molecular weight excluding hydrogens is 354 g/mol. The van der Waals surface area contributed by atoms with Crippen molar-refractivity contribution >= 4 is 22.2 Å². The second-order valence-corrected chi connectivity index (χ2v) is 8.63. The Morgan fingerprint density at radius 2 is 1.46 bits per heavy atom. The Bertz CT molecular complexity index is 1340. The van der Waals surface area contributed by atoms with Crippen molar-refractivity contribution in [2.45, 2.75) is 27.3 Å². The van der Waals surface area contributed by atoms with Crippen molar-refractivity contribution in [2.24, 2.45) is 26.6 Å². The molecule has 4 rings (SSSR count). The van der Waals surface area contributed by atoms with Gasteiger partial charge >= 0.3 is 11.4 Å². The number of benzene rings is 1. The second kappa shape index (κ2) is 5.95. The van der Waals surface area contributed by atoms with Crippen molar-refractivity contribution in [3.05, 3.63) is 51.3 Å². The van der Waals surface area contributed by atoms with Crippen LogP contribution in [0.25, 0.3) is 33.5 Å². The summed E-state index contributed by atoms with van der Waals surface area (Å²) in [6, 6.07) is 9.75. The van der Waals surface area contributed by atoms with Crippen LogP contribution in [0.1, 0.15) is 20.8 Å². The smallest absolute Gasteiger partial charge is 0.295 e. The van der Waals surface area contributed by atoms with Crippen LogP contribution in [0, 0.1) is 5.41 Å². The van der Waals surface area contributed by atoms with Crippen molar-refractivity contribution < 1.29 is 0 Å². The average Bonchev–Trinajstić information content (AvgIpc) is 3.01. The summed E-state index contributed by atoms with van der Waals surface area (Å²) in [4.78, 5) is 29.7. The first-order valence-electron chi connectivity index (χ1n) is 9.30. The van der Waals surface area contributed by atoms with Crippen LogP contribution < -0.4 is 11.4 Å². The fourth-order valence-corrected chi connectivity index (χ4v) is 3.73. The highest BCUT2D eigenvalue weighted by Gasteiger charge is 2.19. The van der Waals surface area contributed by atoms with E-state index < -0.39 is 0 Å². The zero-order chi connectivity index (χ0) is 20.4. The van der Waals surface area contributed by atoms with E-state index in [1.54, 1.807) is 39.4 Å². The van der Waals surface area contributed by atoms with Crippen LogP contribution in [-0.4, -0.2) is 23.3 Å². The molecule has 7 heteroatoms. The monoisotopic (exact) mass is 379 g/mol. The number of aromatic nitrogens is 5. The molecule has 0 bridgehead atoms. The van der Waals surface area contributed by atoms with E-state index in [-0.39, 0.29) is 16.8 Å². The minimum atomic E-state index is -0.0597. The first-order valence-corrected chi connectivity index (χ1v) is 9.30. The van der Waals surface area contributed by atoms with Crippen LogP contribution in [0.2, 0.25) is 0 Å². The number of rotatable bonds is 2. The molecule has 28 heavy (non-hydrogen) atoms. The molecule has 0 atom stereocenters. The van der Waals surface area contributed by atoms with Gasteiger partial charge in [0.1, 0.15) is 0 Å². The average molecular weight is 379 g/mol. The van der Waals surface area contributed by atoms with E-state index in [1.165, 1.54) is 0 Å². The van der Waals surface area contributed by atoms with Crippen LogP contribution in [0.15, 0.2) is 39.9 Å². The molecule has 0 aliphatic heterocycles. The number of imidazole rings is 2. The minimum Gasteiger partial charge on any atom is -0.295 e. The highest BCUT2D eigenvalue weighted by molar-refractivity contribution is 5.83. The minimum absolute atomic E-state index is 0.0140. The fourth-order valence-electron chi connectivity index (χ4n) is 3.73. The van der Waals surface area contributed by atoms with E-state index in [0.717, 1.165) is 27.8 Å². The van der Waals surface area contributed by atoms with Gasteiger partial charge in [-0.25, -0.2) is 14.6 Å². The molecule has 0 unspecified atom stereocenters. The SMILES string of the molecule is Cn1c(=O)n(C)c2cc(-c3ccc4c(n3)n(C)c(=O)n4CC(C)(C)C)ccc21. The van der Waals surface area contributed by atoms with Crippen molar-refractivity contribution in [3.8, 4) is 11.3 Å². The van der Waals surface area contributed by atoms with E-state index in [1.807, 2.05) is 30.3 Å². The van der Waals surface area contributed by atoms with Gasteiger partial charge in [-0.3, -0.25) is 18.3 Å². The quantitative estimate of drug-likeness (QED) is 0.538. The third-order valence-corrected chi connectivity index (χ3v) is 5.18. The summed E-state index contributed by atoms with van der Waals surface area (Å²) in [6.45, 7) is 6.96. The standard InChI is InChI=1S/C21H25N5O2/c1-21(2,3)12-26-16-10-8-14(22-18(16)25(6)20(26)28)13-7-9-15-17(11-13)24(5)19(27)23(15)4/h7-11H,12H2,1-6H3. The summed E-state index contributed by atoms with van der Waals surface area (Å²) in [6.07, 6.45) is 0. The van der Waals surface area contributed by atoms with Gasteiger partial charge in [-0.2, -0.15) is 0 Å². The second-order valence-electron chi connectivity index (χ2n) is 8.63. The third kappa shape index (κ3) is 2.69. The summed E-state index contributed by atoms with van der Waals surface area (Å²) in [5.74, 6) is 0. The van der Waals surface area contributed by atoms with Crippen molar-refractivity contribution in [1.29, 1.82) is 0 Å². The fraction of sp³-hybridized carbons (Fsp3) is 0.381. The van der Waals surface area contributed by atoms with Gasteiger partial charge in [-0.1, -0.05) is 26.8 Å². The molecule has 0 spiro atoms. The summed E-state index contributed by atoms with van der Waals surface area (Å²) < 4.78 is 6.65. The molecule has 3 heterocycles. The molecule has 0 aliphatic rings. The normalized spacial score (nSPS) is 12.4. The molecular formula is C21H25N5O2. The van der Waals surface area contributed by atoms with Gasteiger partial charge in [0.25, 0.3) is 0 Å². The first kappa shape index (κ1) is 18.3. The van der Waals surface area contributed by atoms with E-state index >= 15 is 0 Å². The lowest BCUT2D eigenvalue weighted by molar-refractivity contribution is 0.342. The van der Waals surface area contributed by atoms with E-state index in [0.29, 0.717) is 12.2 Å². The largest absolute Gasteiger partial charge is 0.330 e. The molecule has 0 saturated carbocycles. The van der Waals surface area contributed by atoms with Gasteiger partial charge in [0.2, 0.25) is 0 Å². The Kier molecular flexibility index (Phi) is 3.89. The summed E-state index contributed by atoms with van der Waals surface area (Å²) in [5, 5.41) is 0. The zero-order valence-electron chi connectivity index (χ0n) is 17.1. The first-order chi connectivity index (χ1) is 13.1. The highest BCUT2D eigenvalue weighted by Crippen LogP contribution is 2.25. The van der Waals surface area contributed by atoms with E-state index in [4.69, 9.17) is 4.98 Å². The van der Waals surface area contributed by atoms with Gasteiger partial charge in [0, 0.05) is 33.3 Å². The maximum atomic E-state index is 12.7. The maximum Gasteiger partial charge on any atom is 0.330 e. The Morgan fingerprint density at radius 3 is 2.14 bits per heavy atom. The highest BCUT2D eigenvalue weighted by atomic mass is 16.2. The summed E-state index contributed by atoms with van der Waals surface area (Å²) in [5.41, 5.74) is 4.77. The van der Waals surface area contributed by atoms with Crippen LogP contribution in [-0.2, 0) is 27.7 Å². The van der Waals surface area contributed by atoms with Gasteiger partial charge in [0.05, 0.1) is 22.2 Å². The van der Waals surface area contributed by atoms with Gasteiger partial charge in [-0.05, 0) is 29.7 Å². The molecule has 7 nitrogen and oxygen atoms in total. The lowest BCUT2D eigenvalue weighted by Crippen LogP contribution is -2.27. The Hall–Kier alpha value is -3.09. The number of hydrogen-bond donors (Lipinski definition) is 0. The lowest BCUT2D eigenvalue weighted by Gasteiger charge is -2.18. The number of nitrogens with zero attached hydrogens (tertiary/aromatic N) is 5. The van der Waals surface area contributed by atoms with Crippen molar-refractivity contribution in [2.75, 3.05) is 0 Å². The molecule has 0 aliphatic carbocycles. The molecule has 0 saturated heterocycles. The van der Waals surface area contributed by atoms with Crippen LogP contribution >= 0.6 is 0 Å². The van der Waals surface area contributed by atoms with Crippen LogP contribution in [0.4, 0.5) is 0 Å². The van der Waals surface area contributed by atoms with Crippen molar-refractivity contribution in [1.82, 2.24) is 23.3 Å². The Morgan fingerprint density at radius 1 is 0.821 bits per heavy atom. The molecule has 3 aromatic heterocycles. The Balaban J connectivity index is 1.90. The molecule has 0 radical (unpaired) electrons. The van der Waals surface area contributed by atoms with Gasteiger partial charge < -0.3 is 0 Å². The van der Waals surface area contributed by atoms with Gasteiger partial charge in [-0.15, -0.1) is 0 Å². The zero-order valence-corrected chi connectivity index (χ0v) is 17.1. The summed E-state index contributed by atoms with van der Waals surface area (Å²) >= 11 is 0. The Labute approximate surface area is 162 Å². The topological polar surface area (TPSA) is 66.8 Å². The summed E-state index contributed by atoms with van der Waals surface area (Å²) in [7, 11) is 5.29. The van der Waals surface area contributed by atoms with Crippen LogP contribution in [0.5, 0.6) is 0 Å². The van der Waals surface area contributed by atoms with E-state index in [2.05, 4.69) is 20.8 Å². The molecule has 0 amide bonds. The third-order valence-electron chi connectivity index (χ3n) is 5.18. The molecule has 0 fully saturated rings. The van der Waals surface area contributed by atoms with Crippen LogP contribution in [0.3, 0.4) is 0 Å². The predicted molar refractivity (Wildman–Crippen MR) is 112 cm³/mol. The van der Waals surface area contributed by atoms with Gasteiger partial charge in [0.15, 0.2) is 5.65 Å². The lowest BCUT2D eigenvalue weighted by atomic mass is 9.97. The number of aryl methyl sites for hydroxylation is 3. The molecule has 0 N–H and O–H groups in total. The number of fused-ring (bicyclic) bond motifs is 2. The predicted octanol–water partition coefficient (Wildman–Crippen LogP) is 2.64.